The summed E-state index contributed by atoms with van der Waals surface area (Å²) in [4.78, 5) is 14.6. The van der Waals surface area contributed by atoms with Crippen LogP contribution in [-0.2, 0) is 7.05 Å². The summed E-state index contributed by atoms with van der Waals surface area (Å²) in [5.74, 6) is 0.0650. The Kier molecular flexibility index (Phi) is 4.17. The molecule has 0 spiro atoms. The van der Waals surface area contributed by atoms with Gasteiger partial charge in [0.1, 0.15) is 0 Å². The van der Waals surface area contributed by atoms with E-state index >= 15 is 0 Å². The minimum atomic E-state index is -0.656. The lowest BCUT2D eigenvalue weighted by molar-refractivity contribution is -0.385. The average Bonchev–Trinajstić information content (AvgIpc) is 2.87. The number of phenols is 1. The first-order valence-corrected chi connectivity index (χ1v) is 7.64. The van der Waals surface area contributed by atoms with E-state index in [4.69, 9.17) is 0 Å². The Morgan fingerprint density at radius 3 is 2.88 bits per heavy atom. The van der Waals surface area contributed by atoms with Crippen molar-refractivity contribution in [2.45, 2.75) is 0 Å². The Morgan fingerprint density at radius 1 is 1.42 bits per heavy atom. The second-order valence-electron chi connectivity index (χ2n) is 4.97. The summed E-state index contributed by atoms with van der Waals surface area (Å²) in [5.41, 5.74) is 4.35. The molecule has 1 aromatic heterocycles. The SMILES string of the molecule is Cn1c(N/N=C\c2cc(Br)cc([N+](=O)[O-])c2O)nc2ccccc21. The van der Waals surface area contributed by atoms with E-state index in [9.17, 15) is 15.2 Å². The molecule has 0 aliphatic carbocycles. The molecule has 0 atom stereocenters. The van der Waals surface area contributed by atoms with Crippen molar-refractivity contribution in [1.82, 2.24) is 9.55 Å². The zero-order valence-corrected chi connectivity index (χ0v) is 14.1. The highest BCUT2D eigenvalue weighted by Crippen LogP contribution is 2.32. The first-order valence-electron chi connectivity index (χ1n) is 6.85. The number of nitro groups is 1. The third-order valence-electron chi connectivity index (χ3n) is 3.44. The summed E-state index contributed by atoms with van der Waals surface area (Å²) in [6.07, 6.45) is 1.30. The lowest BCUT2D eigenvalue weighted by Gasteiger charge is -2.03. The molecule has 0 fully saturated rings. The number of halogens is 1. The lowest BCUT2D eigenvalue weighted by atomic mass is 10.2. The molecule has 0 amide bonds. The van der Waals surface area contributed by atoms with Crippen molar-refractivity contribution in [3.05, 3.63) is 56.5 Å². The van der Waals surface area contributed by atoms with Gasteiger partial charge in [-0.2, -0.15) is 5.10 Å². The Morgan fingerprint density at radius 2 is 2.17 bits per heavy atom. The van der Waals surface area contributed by atoms with Gasteiger partial charge in [0.2, 0.25) is 11.7 Å². The predicted octanol–water partition coefficient (Wildman–Crippen LogP) is 3.40. The summed E-state index contributed by atoms with van der Waals surface area (Å²) < 4.78 is 2.30. The maximum absolute atomic E-state index is 10.9. The molecule has 2 N–H and O–H groups in total. The lowest BCUT2D eigenvalue weighted by Crippen LogP contribution is -1.99. The number of imidazole rings is 1. The summed E-state index contributed by atoms with van der Waals surface area (Å²) in [6, 6.07) is 10.4. The number of phenolic OH excluding ortho intramolecular Hbond substituents is 1. The van der Waals surface area contributed by atoms with E-state index in [1.54, 1.807) is 0 Å². The van der Waals surface area contributed by atoms with Crippen LogP contribution in [0.5, 0.6) is 5.75 Å². The smallest absolute Gasteiger partial charge is 0.312 e. The fraction of sp³-hybridized carbons (Fsp3) is 0.0667. The maximum atomic E-state index is 10.9. The fourth-order valence-electron chi connectivity index (χ4n) is 2.25. The van der Waals surface area contributed by atoms with E-state index in [1.807, 2.05) is 35.9 Å². The normalized spacial score (nSPS) is 11.2. The molecular weight excluding hydrogens is 378 g/mol. The highest BCUT2D eigenvalue weighted by Gasteiger charge is 2.17. The summed E-state index contributed by atoms with van der Waals surface area (Å²) in [5, 5.41) is 24.9. The van der Waals surface area contributed by atoms with Gasteiger partial charge in [0, 0.05) is 23.2 Å². The van der Waals surface area contributed by atoms with E-state index in [2.05, 4.69) is 31.4 Å². The van der Waals surface area contributed by atoms with Gasteiger partial charge in [0.15, 0.2) is 0 Å². The van der Waals surface area contributed by atoms with Crippen molar-refractivity contribution in [2.75, 3.05) is 5.43 Å². The summed E-state index contributed by atoms with van der Waals surface area (Å²) in [7, 11) is 1.84. The molecule has 0 aliphatic rings. The van der Waals surface area contributed by atoms with Crippen molar-refractivity contribution in [2.24, 2.45) is 12.1 Å². The molecule has 8 nitrogen and oxygen atoms in total. The van der Waals surface area contributed by atoms with Crippen molar-refractivity contribution in [3.63, 3.8) is 0 Å². The van der Waals surface area contributed by atoms with Gasteiger partial charge >= 0.3 is 5.69 Å². The second-order valence-corrected chi connectivity index (χ2v) is 5.89. The third-order valence-corrected chi connectivity index (χ3v) is 3.89. The van der Waals surface area contributed by atoms with E-state index in [0.29, 0.717) is 10.4 Å². The number of benzene rings is 2. The first kappa shape index (κ1) is 15.9. The van der Waals surface area contributed by atoms with Crippen LogP contribution < -0.4 is 5.43 Å². The highest BCUT2D eigenvalue weighted by molar-refractivity contribution is 9.10. The molecule has 1 heterocycles. The zero-order chi connectivity index (χ0) is 17.3. The van der Waals surface area contributed by atoms with Gasteiger partial charge in [-0.05, 0) is 18.2 Å². The predicted molar refractivity (Wildman–Crippen MR) is 94.4 cm³/mol. The van der Waals surface area contributed by atoms with E-state index in [1.165, 1.54) is 18.3 Å². The van der Waals surface area contributed by atoms with E-state index < -0.39 is 16.4 Å². The number of hydrogen-bond donors (Lipinski definition) is 2. The van der Waals surface area contributed by atoms with Crippen molar-refractivity contribution >= 4 is 44.8 Å². The molecule has 24 heavy (non-hydrogen) atoms. The van der Waals surface area contributed by atoms with Gasteiger partial charge in [-0.15, -0.1) is 0 Å². The monoisotopic (exact) mass is 389 g/mol. The molecule has 3 aromatic rings. The van der Waals surface area contributed by atoms with Crippen LogP contribution >= 0.6 is 15.9 Å². The van der Waals surface area contributed by atoms with Gasteiger partial charge < -0.3 is 9.67 Å². The Balaban J connectivity index is 1.89. The van der Waals surface area contributed by atoms with E-state index in [0.717, 1.165) is 11.0 Å². The number of aromatic hydroxyl groups is 1. The van der Waals surface area contributed by atoms with Crippen LogP contribution in [0.3, 0.4) is 0 Å². The van der Waals surface area contributed by atoms with Crippen LogP contribution in [0.25, 0.3) is 11.0 Å². The Hall–Kier alpha value is -2.94. The molecule has 122 valence electrons. The topological polar surface area (TPSA) is 106 Å². The minimum absolute atomic E-state index is 0.210. The quantitative estimate of drug-likeness (QED) is 0.404. The van der Waals surface area contributed by atoms with Crippen LogP contribution in [0, 0.1) is 10.1 Å². The molecule has 0 bridgehead atoms. The van der Waals surface area contributed by atoms with Crippen LogP contribution in [0.15, 0.2) is 46.0 Å². The zero-order valence-electron chi connectivity index (χ0n) is 12.5. The number of nitrogens with one attached hydrogen (secondary N) is 1. The van der Waals surface area contributed by atoms with Crippen LogP contribution in [0.2, 0.25) is 0 Å². The highest BCUT2D eigenvalue weighted by atomic mass is 79.9. The van der Waals surface area contributed by atoms with Gasteiger partial charge in [0.05, 0.1) is 22.2 Å². The molecule has 9 heteroatoms. The Bertz CT molecular complexity index is 967. The van der Waals surface area contributed by atoms with Gasteiger partial charge in [0.25, 0.3) is 0 Å². The largest absolute Gasteiger partial charge is 0.502 e. The number of aryl methyl sites for hydroxylation is 1. The number of para-hydroxylation sites is 2. The van der Waals surface area contributed by atoms with Crippen molar-refractivity contribution < 1.29 is 10.0 Å². The first-order chi connectivity index (χ1) is 11.5. The molecule has 0 radical (unpaired) electrons. The molecule has 3 rings (SSSR count). The second kappa shape index (κ2) is 6.28. The van der Waals surface area contributed by atoms with Crippen molar-refractivity contribution in [3.8, 4) is 5.75 Å². The van der Waals surface area contributed by atoms with Crippen molar-refractivity contribution in [1.29, 1.82) is 0 Å². The Labute approximate surface area is 144 Å². The molecular formula is C15H12BrN5O3. The van der Waals surface area contributed by atoms with Gasteiger partial charge in [-0.25, -0.2) is 10.4 Å². The molecule has 0 aliphatic heterocycles. The standard InChI is InChI=1S/C15H12BrN5O3/c1-20-12-5-3-2-4-11(12)18-15(20)19-17-8-9-6-10(16)7-13(14(9)22)21(23)24/h2-8,22H,1H3,(H,18,19)/b17-8-. The number of rotatable bonds is 4. The number of anilines is 1. The number of aromatic nitrogens is 2. The number of fused-ring (bicyclic) bond motifs is 1. The number of nitro benzene ring substituents is 1. The van der Waals surface area contributed by atoms with E-state index in [-0.39, 0.29) is 5.56 Å². The van der Waals surface area contributed by atoms with Gasteiger partial charge in [-0.3, -0.25) is 10.1 Å². The molecule has 0 saturated carbocycles. The summed E-state index contributed by atoms with van der Waals surface area (Å²) in [6.45, 7) is 0. The molecule has 2 aromatic carbocycles. The fourth-order valence-corrected chi connectivity index (χ4v) is 2.71. The van der Waals surface area contributed by atoms with Gasteiger partial charge in [-0.1, -0.05) is 28.1 Å². The molecule has 0 saturated heterocycles. The minimum Gasteiger partial charge on any atom is -0.502 e. The number of hydrogen-bond acceptors (Lipinski definition) is 6. The van der Waals surface area contributed by atoms with Crippen LogP contribution in [0.1, 0.15) is 5.56 Å². The average molecular weight is 390 g/mol. The number of hydrazone groups is 1. The number of nitrogens with zero attached hydrogens (tertiary/aromatic N) is 4. The maximum Gasteiger partial charge on any atom is 0.312 e. The third kappa shape index (κ3) is 2.93. The van der Waals surface area contributed by atoms with Crippen LogP contribution in [-0.4, -0.2) is 25.8 Å². The molecule has 0 unspecified atom stereocenters. The van der Waals surface area contributed by atoms with Crippen LogP contribution in [0.4, 0.5) is 11.6 Å². The summed E-state index contributed by atoms with van der Waals surface area (Å²) >= 11 is 3.17.